The van der Waals surface area contributed by atoms with E-state index in [1.807, 2.05) is 4.72 Å². The van der Waals surface area contributed by atoms with E-state index >= 15 is 0 Å². The van der Waals surface area contributed by atoms with E-state index in [1.165, 1.54) is 31.2 Å². The molecule has 1 unspecified atom stereocenters. The van der Waals surface area contributed by atoms with Crippen LogP contribution in [0.15, 0.2) is 40.8 Å². The first-order chi connectivity index (χ1) is 19.7. The molecule has 0 bridgehead atoms. The lowest BCUT2D eigenvalue weighted by Gasteiger charge is -2.13. The van der Waals surface area contributed by atoms with E-state index in [1.54, 1.807) is 0 Å². The first-order valence-corrected chi connectivity index (χ1v) is 14.3. The number of nitrogens with two attached hydrogens (primary N) is 1. The summed E-state index contributed by atoms with van der Waals surface area (Å²) < 4.78 is 92.9. The van der Waals surface area contributed by atoms with Crippen molar-refractivity contribution >= 4 is 21.8 Å². The van der Waals surface area contributed by atoms with Crippen LogP contribution in [0.1, 0.15) is 54.0 Å². The van der Waals surface area contributed by atoms with Gasteiger partial charge in [0.15, 0.2) is 23.0 Å². The molecule has 228 valence electrons. The van der Waals surface area contributed by atoms with E-state index in [0.29, 0.717) is 6.07 Å². The van der Waals surface area contributed by atoms with Crippen LogP contribution >= 0.6 is 0 Å². The van der Waals surface area contributed by atoms with Gasteiger partial charge in [-0.3, -0.25) is 14.3 Å². The van der Waals surface area contributed by atoms with Crippen molar-refractivity contribution in [2.75, 3.05) is 12.9 Å². The summed E-state index contributed by atoms with van der Waals surface area (Å²) in [5, 5.41) is 2.47. The van der Waals surface area contributed by atoms with E-state index in [4.69, 9.17) is 14.9 Å². The van der Waals surface area contributed by atoms with Gasteiger partial charge in [0.1, 0.15) is 11.6 Å². The fourth-order valence-electron chi connectivity index (χ4n) is 3.63. The second kappa shape index (κ2) is 14.1. The normalized spacial score (nSPS) is 12.2. The van der Waals surface area contributed by atoms with Crippen LogP contribution in [0, 0.1) is 11.6 Å². The van der Waals surface area contributed by atoms with Crippen LogP contribution in [-0.4, -0.2) is 44.7 Å². The van der Waals surface area contributed by atoms with Crippen molar-refractivity contribution in [1.29, 1.82) is 0 Å². The summed E-state index contributed by atoms with van der Waals surface area (Å²) in [4.78, 5) is 28.7. The maximum atomic E-state index is 14.0. The number of sulfonamides is 1. The highest BCUT2D eigenvalue weighted by Crippen LogP contribution is 2.35. The highest BCUT2D eigenvalue weighted by Gasteiger charge is 2.24. The van der Waals surface area contributed by atoms with Crippen LogP contribution in [0.3, 0.4) is 0 Å². The van der Waals surface area contributed by atoms with Gasteiger partial charge in [0.2, 0.25) is 21.8 Å². The van der Waals surface area contributed by atoms with Crippen LogP contribution in [0.4, 0.5) is 17.6 Å². The summed E-state index contributed by atoms with van der Waals surface area (Å²) in [6.07, 6.45) is 1.25. The monoisotopic (exact) mass is 616 g/mol. The lowest BCUT2D eigenvalue weighted by atomic mass is 10.2. The Morgan fingerprint density at radius 1 is 1.10 bits per heavy atom. The lowest BCUT2D eigenvalue weighted by molar-refractivity contribution is -0.119. The van der Waals surface area contributed by atoms with Crippen molar-refractivity contribution in [1.82, 2.24) is 15.0 Å². The Labute approximate surface area is 238 Å². The number of carbonyl (C=O) groups is 2. The summed E-state index contributed by atoms with van der Waals surface area (Å²) in [5.74, 6) is -3.61. The van der Waals surface area contributed by atoms with Crippen molar-refractivity contribution in [3.05, 3.63) is 65.1 Å². The number of rotatable bonds is 14. The molecule has 1 aromatic heterocycles. The number of carbonyl (C=O) groups excluding carboxylic acids is 2. The Hall–Kier alpha value is -4.18. The zero-order chi connectivity index (χ0) is 31.0. The summed E-state index contributed by atoms with van der Waals surface area (Å²) in [7, 11) is -3.68. The average Bonchev–Trinajstić information content (AvgIpc) is 3.33. The zero-order valence-electron chi connectivity index (χ0n) is 22.5. The number of amides is 2. The molecule has 0 aliphatic heterocycles. The van der Waals surface area contributed by atoms with Gasteiger partial charge in [-0.2, -0.15) is 8.78 Å². The molecule has 2 amide bonds. The number of oxazole rings is 1. The van der Waals surface area contributed by atoms with E-state index in [-0.39, 0.29) is 72.4 Å². The molecule has 1 heterocycles. The first kappa shape index (κ1) is 32.3. The standard InChI is InChI=1S/C26H28F4N4O7S/c1-14(31)23-22(24(36)32-13-16-6-8-17(27)12-18(16)28)33-25(41-23)15-7-9-19(40-26(29)30)20(11-15)39-10-4-3-5-21(35)34-42(2,37)38/h6-9,11-12,14,26H,3-5,10,13,31H2,1-2H3,(H,32,36)(H,34,35). The number of ether oxygens (including phenoxy) is 2. The third-order valence-electron chi connectivity index (χ3n) is 5.50. The highest BCUT2D eigenvalue weighted by molar-refractivity contribution is 7.89. The van der Waals surface area contributed by atoms with E-state index in [9.17, 15) is 35.6 Å². The maximum Gasteiger partial charge on any atom is 0.387 e. The Bertz CT molecular complexity index is 1530. The molecular weight excluding hydrogens is 588 g/mol. The predicted octanol–water partition coefficient (Wildman–Crippen LogP) is 3.80. The number of benzene rings is 2. The molecule has 0 spiro atoms. The lowest BCUT2D eigenvalue weighted by Crippen LogP contribution is -2.29. The topological polar surface area (TPSA) is 163 Å². The Kier molecular flexibility index (Phi) is 10.9. The fourth-order valence-corrected chi connectivity index (χ4v) is 4.14. The number of unbranched alkanes of at least 4 members (excludes halogenated alkanes) is 1. The summed E-state index contributed by atoms with van der Waals surface area (Å²) in [5.41, 5.74) is 5.98. The molecule has 4 N–H and O–H groups in total. The van der Waals surface area contributed by atoms with Gasteiger partial charge in [-0.1, -0.05) is 6.07 Å². The van der Waals surface area contributed by atoms with Gasteiger partial charge >= 0.3 is 6.61 Å². The number of alkyl halides is 2. The minimum atomic E-state index is -3.68. The minimum Gasteiger partial charge on any atom is -0.490 e. The number of hydrogen-bond donors (Lipinski definition) is 3. The van der Waals surface area contributed by atoms with Gasteiger partial charge in [0, 0.05) is 30.2 Å². The van der Waals surface area contributed by atoms with E-state index < -0.39 is 46.1 Å². The molecule has 0 fully saturated rings. The third-order valence-corrected chi connectivity index (χ3v) is 6.10. The second-order valence-electron chi connectivity index (χ2n) is 9.08. The molecule has 0 aliphatic rings. The van der Waals surface area contributed by atoms with Gasteiger partial charge in [-0.15, -0.1) is 0 Å². The van der Waals surface area contributed by atoms with Gasteiger partial charge < -0.3 is 24.9 Å². The van der Waals surface area contributed by atoms with Crippen molar-refractivity contribution in [2.24, 2.45) is 5.73 Å². The Morgan fingerprint density at radius 3 is 2.48 bits per heavy atom. The van der Waals surface area contributed by atoms with Crippen LogP contribution in [-0.2, 0) is 21.4 Å². The number of halogens is 4. The van der Waals surface area contributed by atoms with Crippen molar-refractivity contribution < 1.29 is 49.5 Å². The van der Waals surface area contributed by atoms with Crippen LogP contribution in [0.2, 0.25) is 0 Å². The average molecular weight is 617 g/mol. The largest absolute Gasteiger partial charge is 0.490 e. The highest BCUT2D eigenvalue weighted by atomic mass is 32.2. The molecule has 0 radical (unpaired) electrons. The van der Waals surface area contributed by atoms with Gasteiger partial charge in [0.25, 0.3) is 5.91 Å². The van der Waals surface area contributed by atoms with Gasteiger partial charge in [-0.25, -0.2) is 22.2 Å². The zero-order valence-corrected chi connectivity index (χ0v) is 23.3. The second-order valence-corrected chi connectivity index (χ2v) is 10.8. The van der Waals surface area contributed by atoms with Crippen molar-refractivity contribution in [3.63, 3.8) is 0 Å². The fraction of sp³-hybridized carbons (Fsp3) is 0.346. The van der Waals surface area contributed by atoms with Crippen molar-refractivity contribution in [2.45, 2.75) is 45.4 Å². The number of aromatic nitrogens is 1. The molecule has 0 saturated carbocycles. The minimum absolute atomic E-state index is 0.00942. The van der Waals surface area contributed by atoms with Crippen LogP contribution < -0.4 is 25.2 Å². The molecule has 0 aliphatic carbocycles. The number of hydrogen-bond acceptors (Lipinski definition) is 9. The summed E-state index contributed by atoms with van der Waals surface area (Å²) in [6.45, 7) is -1.95. The maximum absolute atomic E-state index is 14.0. The molecule has 2 aromatic carbocycles. The van der Waals surface area contributed by atoms with Gasteiger partial charge in [-0.05, 0) is 44.0 Å². The van der Waals surface area contributed by atoms with Crippen molar-refractivity contribution in [3.8, 4) is 23.0 Å². The number of nitrogens with one attached hydrogen (secondary N) is 2. The SMILES string of the molecule is CC(N)c1oc(-c2ccc(OC(F)F)c(OCCCCC(=O)NS(C)(=O)=O)c2)nc1C(=O)NCc1ccc(F)cc1F. The van der Waals surface area contributed by atoms with E-state index in [2.05, 4.69) is 15.0 Å². The molecule has 1 atom stereocenters. The molecular formula is C26H28F4N4O7S. The first-order valence-electron chi connectivity index (χ1n) is 12.4. The summed E-state index contributed by atoms with van der Waals surface area (Å²) in [6, 6.07) is 5.92. The molecule has 3 aromatic rings. The Balaban J connectivity index is 1.76. The summed E-state index contributed by atoms with van der Waals surface area (Å²) >= 11 is 0. The smallest absolute Gasteiger partial charge is 0.387 e. The van der Waals surface area contributed by atoms with Crippen LogP contribution in [0.25, 0.3) is 11.5 Å². The van der Waals surface area contributed by atoms with Crippen LogP contribution in [0.5, 0.6) is 11.5 Å². The Morgan fingerprint density at radius 2 is 1.83 bits per heavy atom. The predicted molar refractivity (Wildman–Crippen MR) is 141 cm³/mol. The third kappa shape index (κ3) is 9.44. The van der Waals surface area contributed by atoms with Gasteiger partial charge in [0.05, 0.1) is 18.9 Å². The molecule has 42 heavy (non-hydrogen) atoms. The molecule has 11 nitrogen and oxygen atoms in total. The number of nitrogens with zero attached hydrogens (tertiary/aromatic N) is 1. The molecule has 16 heteroatoms. The quantitative estimate of drug-likeness (QED) is 0.181. The molecule has 0 saturated heterocycles. The molecule has 3 rings (SSSR count). The van der Waals surface area contributed by atoms with E-state index in [0.717, 1.165) is 12.3 Å².